The molecule has 0 unspecified atom stereocenters. The van der Waals surface area contributed by atoms with Gasteiger partial charge in [-0.2, -0.15) is 13.2 Å². The van der Waals surface area contributed by atoms with E-state index in [0.717, 1.165) is 18.5 Å². The molecular weight excluding hydrogens is 273 g/mol. The fourth-order valence-corrected chi connectivity index (χ4v) is 1.70. The molecule has 2 heterocycles. The molecule has 0 bridgehead atoms. The van der Waals surface area contributed by atoms with Crippen LogP contribution in [-0.4, -0.2) is 22.9 Å². The van der Waals surface area contributed by atoms with Crippen molar-refractivity contribution in [2.45, 2.75) is 6.18 Å². The van der Waals surface area contributed by atoms with E-state index in [4.69, 9.17) is 4.74 Å². The Hall–Kier alpha value is -2.44. The standard InChI is InChI=1S/C13H9F3N2O2/c1-20-11-7-18-4-2-8(11)12(19)9-6-17-5-3-10(9)13(14,15)16/h2-7H,1H3. The minimum absolute atomic E-state index is 0.000926. The van der Waals surface area contributed by atoms with Crippen LogP contribution < -0.4 is 4.74 Å². The van der Waals surface area contributed by atoms with Crippen molar-refractivity contribution in [3.05, 3.63) is 53.6 Å². The lowest BCUT2D eigenvalue weighted by molar-refractivity contribution is -0.137. The Morgan fingerprint density at radius 2 is 1.75 bits per heavy atom. The highest BCUT2D eigenvalue weighted by molar-refractivity contribution is 6.11. The zero-order valence-electron chi connectivity index (χ0n) is 10.3. The predicted octanol–water partition coefficient (Wildman–Crippen LogP) is 2.74. The van der Waals surface area contributed by atoms with Crippen LogP contribution in [0.3, 0.4) is 0 Å². The topological polar surface area (TPSA) is 52.1 Å². The number of carbonyl (C=O) groups is 1. The van der Waals surface area contributed by atoms with Gasteiger partial charge in [-0.15, -0.1) is 0 Å². The van der Waals surface area contributed by atoms with Gasteiger partial charge >= 0.3 is 6.18 Å². The molecule has 0 aliphatic carbocycles. The molecule has 2 aromatic rings. The van der Waals surface area contributed by atoms with Crippen molar-refractivity contribution in [1.29, 1.82) is 0 Å². The minimum atomic E-state index is -4.63. The molecule has 0 atom stereocenters. The summed E-state index contributed by atoms with van der Waals surface area (Å²) in [6.07, 6.45) is -0.182. The number of nitrogens with zero attached hydrogens (tertiary/aromatic N) is 2. The highest BCUT2D eigenvalue weighted by atomic mass is 19.4. The van der Waals surface area contributed by atoms with Crippen molar-refractivity contribution < 1.29 is 22.7 Å². The van der Waals surface area contributed by atoms with Gasteiger partial charge in [-0.25, -0.2) is 0 Å². The van der Waals surface area contributed by atoms with Crippen molar-refractivity contribution >= 4 is 5.78 Å². The number of ether oxygens (including phenoxy) is 1. The molecule has 2 aromatic heterocycles. The molecule has 0 fully saturated rings. The maximum atomic E-state index is 12.9. The summed E-state index contributed by atoms with van der Waals surface area (Å²) in [5, 5.41) is 0. The van der Waals surface area contributed by atoms with Crippen LogP contribution in [0.5, 0.6) is 5.75 Å². The van der Waals surface area contributed by atoms with Gasteiger partial charge in [-0.3, -0.25) is 14.8 Å². The predicted molar refractivity (Wildman–Crippen MR) is 63.5 cm³/mol. The number of alkyl halides is 3. The Kier molecular flexibility index (Phi) is 3.69. The zero-order chi connectivity index (χ0) is 14.8. The Morgan fingerprint density at radius 1 is 1.10 bits per heavy atom. The molecule has 0 N–H and O–H groups in total. The first-order valence-corrected chi connectivity index (χ1v) is 5.49. The molecule has 0 aliphatic heterocycles. The SMILES string of the molecule is COc1cnccc1C(=O)c1cnccc1C(F)(F)F. The molecule has 7 heteroatoms. The number of hydrogen-bond donors (Lipinski definition) is 0. The van der Waals surface area contributed by atoms with Crippen molar-refractivity contribution in [1.82, 2.24) is 9.97 Å². The third kappa shape index (κ3) is 2.61. The number of pyridine rings is 2. The van der Waals surface area contributed by atoms with Gasteiger partial charge < -0.3 is 4.74 Å². The van der Waals surface area contributed by atoms with Gasteiger partial charge in [0.2, 0.25) is 0 Å². The summed E-state index contributed by atoms with van der Waals surface area (Å²) in [7, 11) is 1.31. The van der Waals surface area contributed by atoms with Crippen molar-refractivity contribution in [2.75, 3.05) is 7.11 Å². The summed E-state index contributed by atoms with van der Waals surface area (Å²) in [6.45, 7) is 0. The van der Waals surface area contributed by atoms with Crippen LogP contribution in [0.15, 0.2) is 36.9 Å². The van der Waals surface area contributed by atoms with Crippen LogP contribution in [0.4, 0.5) is 13.2 Å². The Labute approximate surface area is 112 Å². The molecule has 0 radical (unpaired) electrons. The third-order valence-electron chi connectivity index (χ3n) is 2.62. The molecule has 20 heavy (non-hydrogen) atoms. The average Bonchev–Trinajstić information content (AvgIpc) is 2.45. The van der Waals surface area contributed by atoms with Crippen molar-refractivity contribution in [3.8, 4) is 5.75 Å². The van der Waals surface area contributed by atoms with Crippen molar-refractivity contribution in [3.63, 3.8) is 0 Å². The number of halogens is 3. The Morgan fingerprint density at radius 3 is 2.40 bits per heavy atom. The number of rotatable bonds is 3. The van der Waals surface area contributed by atoms with Gasteiger partial charge in [0, 0.05) is 18.6 Å². The highest BCUT2D eigenvalue weighted by Gasteiger charge is 2.35. The Bertz CT molecular complexity index is 642. The summed E-state index contributed by atoms with van der Waals surface area (Å²) >= 11 is 0. The van der Waals surface area contributed by atoms with E-state index < -0.39 is 23.1 Å². The lowest BCUT2D eigenvalue weighted by atomic mass is 10.0. The van der Waals surface area contributed by atoms with Crippen LogP contribution in [0, 0.1) is 0 Å². The molecule has 2 rings (SSSR count). The fraction of sp³-hybridized carbons (Fsp3) is 0.154. The number of methoxy groups -OCH3 is 1. The van der Waals surface area contributed by atoms with E-state index in [1.165, 1.54) is 25.6 Å². The fourth-order valence-electron chi connectivity index (χ4n) is 1.70. The first-order chi connectivity index (χ1) is 9.45. The number of carbonyl (C=O) groups excluding carboxylic acids is 1. The quantitative estimate of drug-likeness (QED) is 0.812. The van der Waals surface area contributed by atoms with E-state index >= 15 is 0 Å². The van der Waals surface area contributed by atoms with Crippen molar-refractivity contribution in [2.24, 2.45) is 0 Å². The minimum Gasteiger partial charge on any atom is -0.494 e. The first-order valence-electron chi connectivity index (χ1n) is 5.49. The van der Waals surface area contributed by atoms with E-state index in [-0.39, 0.29) is 11.3 Å². The third-order valence-corrected chi connectivity index (χ3v) is 2.62. The average molecular weight is 282 g/mol. The number of ketones is 1. The largest absolute Gasteiger partial charge is 0.494 e. The van der Waals surface area contributed by atoms with Gasteiger partial charge in [0.25, 0.3) is 0 Å². The molecule has 0 amide bonds. The van der Waals surface area contributed by atoms with Gasteiger partial charge in [0.05, 0.1) is 30.0 Å². The molecular formula is C13H9F3N2O2. The maximum absolute atomic E-state index is 12.9. The van der Waals surface area contributed by atoms with Gasteiger partial charge in [0.15, 0.2) is 5.78 Å². The van der Waals surface area contributed by atoms with Crippen LogP contribution in [0.2, 0.25) is 0 Å². The summed E-state index contributed by atoms with van der Waals surface area (Å²) in [5.41, 5.74) is -1.55. The van der Waals surface area contributed by atoms with Crippen LogP contribution in [0.25, 0.3) is 0 Å². The molecule has 104 valence electrons. The number of aromatic nitrogens is 2. The molecule has 4 nitrogen and oxygen atoms in total. The van der Waals surface area contributed by atoms with E-state index in [0.29, 0.717) is 0 Å². The smallest absolute Gasteiger partial charge is 0.417 e. The second-order valence-corrected chi connectivity index (χ2v) is 3.82. The normalized spacial score (nSPS) is 11.2. The monoisotopic (exact) mass is 282 g/mol. The highest BCUT2D eigenvalue weighted by Crippen LogP contribution is 2.33. The summed E-state index contributed by atoms with van der Waals surface area (Å²) < 4.78 is 43.6. The maximum Gasteiger partial charge on any atom is 0.417 e. The lowest BCUT2D eigenvalue weighted by Gasteiger charge is -2.12. The summed E-state index contributed by atoms with van der Waals surface area (Å²) in [6, 6.07) is 2.06. The molecule has 0 aromatic carbocycles. The van der Waals surface area contributed by atoms with Gasteiger partial charge in [0.1, 0.15) is 5.75 Å². The lowest BCUT2D eigenvalue weighted by Crippen LogP contribution is -2.14. The molecule has 0 saturated heterocycles. The summed E-state index contributed by atoms with van der Waals surface area (Å²) in [4.78, 5) is 19.6. The van der Waals surface area contributed by atoms with Crippen LogP contribution in [-0.2, 0) is 6.18 Å². The van der Waals surface area contributed by atoms with Gasteiger partial charge in [-0.1, -0.05) is 0 Å². The second kappa shape index (κ2) is 5.28. The van der Waals surface area contributed by atoms with Crippen LogP contribution >= 0.6 is 0 Å². The van der Waals surface area contributed by atoms with E-state index in [2.05, 4.69) is 9.97 Å². The first kappa shape index (κ1) is 14.0. The van der Waals surface area contributed by atoms with E-state index in [9.17, 15) is 18.0 Å². The number of hydrogen-bond acceptors (Lipinski definition) is 4. The molecule has 0 aliphatic rings. The van der Waals surface area contributed by atoms with E-state index in [1.807, 2.05) is 0 Å². The molecule has 0 spiro atoms. The van der Waals surface area contributed by atoms with Crippen LogP contribution in [0.1, 0.15) is 21.5 Å². The zero-order valence-corrected chi connectivity index (χ0v) is 10.3. The summed E-state index contributed by atoms with van der Waals surface area (Å²) in [5.74, 6) is -0.709. The second-order valence-electron chi connectivity index (χ2n) is 3.82. The molecule has 0 saturated carbocycles. The van der Waals surface area contributed by atoms with E-state index in [1.54, 1.807) is 0 Å². The van der Waals surface area contributed by atoms with Gasteiger partial charge in [-0.05, 0) is 12.1 Å². The Balaban J connectivity index is 2.55.